The number of benzene rings is 2. The lowest BCUT2D eigenvalue weighted by Crippen LogP contribution is -2.61. The average Bonchev–Trinajstić information content (AvgIpc) is 2.66. The van der Waals surface area contributed by atoms with Gasteiger partial charge in [0.15, 0.2) is 5.60 Å². The Morgan fingerprint density at radius 1 is 1.21 bits per heavy atom. The Hall–Kier alpha value is -3.43. The number of carbonyl (C=O) groups excluding carboxylic acids is 3. The third-order valence-corrected chi connectivity index (χ3v) is 5.95. The minimum atomic E-state index is -2.84. The number of hydrogen-bond donors (Lipinski definition) is 6. The number of nitrogens with two attached hydrogens (primary N) is 1. The highest BCUT2D eigenvalue weighted by Crippen LogP contribution is 2.50. The van der Waals surface area contributed by atoms with E-state index in [0.717, 1.165) is 0 Å². The Bertz CT molecular complexity index is 1180. The Balaban J connectivity index is 2.10. The molecule has 1 amide bonds. The smallest absolute Gasteiger partial charge is 0.255 e. The van der Waals surface area contributed by atoms with E-state index >= 15 is 0 Å². The maximum absolute atomic E-state index is 13.3. The fourth-order valence-corrected chi connectivity index (χ4v) is 4.45. The second-order valence-electron chi connectivity index (χ2n) is 7.33. The maximum Gasteiger partial charge on any atom is 0.255 e. The third-order valence-electron chi connectivity index (χ3n) is 5.95. The summed E-state index contributed by atoms with van der Waals surface area (Å²) in [5.74, 6) is -7.48. The number of aromatic hydroxyl groups is 2. The van der Waals surface area contributed by atoms with Crippen LogP contribution in [0.5, 0.6) is 11.5 Å². The van der Waals surface area contributed by atoms with E-state index in [1.165, 1.54) is 6.07 Å². The van der Waals surface area contributed by atoms with Crippen LogP contribution in [0.3, 0.4) is 0 Å². The van der Waals surface area contributed by atoms with Crippen molar-refractivity contribution in [3.8, 4) is 11.5 Å². The van der Waals surface area contributed by atoms with Gasteiger partial charge in [0.05, 0.1) is 10.9 Å². The number of primary amides is 1. The number of aliphatic hydroxyl groups is 3. The quantitative estimate of drug-likeness (QED) is 0.359. The summed E-state index contributed by atoms with van der Waals surface area (Å²) in [7, 11) is 0. The van der Waals surface area contributed by atoms with Crippen molar-refractivity contribution in [2.75, 3.05) is 0 Å². The van der Waals surface area contributed by atoms with E-state index in [0.29, 0.717) is 10.9 Å². The number of aliphatic hydroxyl groups excluding tert-OH is 2. The zero-order valence-corrected chi connectivity index (χ0v) is 15.1. The molecule has 0 saturated carbocycles. The number of rotatable bonds is 1. The molecule has 0 heterocycles. The van der Waals surface area contributed by atoms with Crippen molar-refractivity contribution < 1.29 is 39.9 Å². The van der Waals surface area contributed by atoms with Crippen molar-refractivity contribution in [3.05, 3.63) is 46.2 Å². The molecule has 0 saturated heterocycles. The Morgan fingerprint density at radius 3 is 2.48 bits per heavy atom. The second-order valence-corrected chi connectivity index (χ2v) is 7.33. The van der Waals surface area contributed by atoms with Gasteiger partial charge in [-0.2, -0.15) is 0 Å². The first-order valence-corrected chi connectivity index (χ1v) is 8.72. The normalized spacial score (nSPS) is 26.4. The minimum absolute atomic E-state index is 0.0230. The topological polar surface area (TPSA) is 178 Å². The molecule has 4 rings (SSSR count). The van der Waals surface area contributed by atoms with Crippen molar-refractivity contribution in [1.82, 2.24) is 0 Å². The summed E-state index contributed by atoms with van der Waals surface area (Å²) in [6.45, 7) is 1.62. The average molecular weight is 399 g/mol. The number of phenols is 2. The van der Waals surface area contributed by atoms with Crippen LogP contribution in [0.2, 0.25) is 0 Å². The highest BCUT2D eigenvalue weighted by molar-refractivity contribution is 6.24. The summed E-state index contributed by atoms with van der Waals surface area (Å²) in [6, 6.07) is 4.47. The van der Waals surface area contributed by atoms with Gasteiger partial charge in [0, 0.05) is 5.92 Å². The molecule has 2 aliphatic carbocycles. The van der Waals surface area contributed by atoms with Gasteiger partial charge in [-0.1, -0.05) is 12.1 Å². The van der Waals surface area contributed by atoms with Gasteiger partial charge in [-0.3, -0.25) is 14.4 Å². The summed E-state index contributed by atoms with van der Waals surface area (Å²) < 4.78 is 0. The van der Waals surface area contributed by atoms with Crippen LogP contribution in [0.4, 0.5) is 0 Å². The Labute approximate surface area is 163 Å². The predicted molar refractivity (Wildman–Crippen MR) is 98.4 cm³/mol. The second kappa shape index (κ2) is 5.79. The van der Waals surface area contributed by atoms with Crippen LogP contribution in [0.15, 0.2) is 29.5 Å². The van der Waals surface area contributed by atoms with E-state index in [9.17, 15) is 39.9 Å². The molecular formula is C20H17NO8. The molecule has 9 nitrogen and oxygen atoms in total. The number of carbonyl (C=O) groups is 3. The Kier molecular flexibility index (Phi) is 3.77. The molecule has 2 aliphatic rings. The van der Waals surface area contributed by atoms with E-state index in [2.05, 4.69) is 0 Å². The van der Waals surface area contributed by atoms with Gasteiger partial charge in [-0.05, 0) is 35.9 Å². The molecule has 9 heteroatoms. The highest BCUT2D eigenvalue weighted by Gasteiger charge is 2.61. The molecule has 150 valence electrons. The van der Waals surface area contributed by atoms with E-state index in [-0.39, 0.29) is 28.7 Å². The molecule has 0 fully saturated rings. The maximum atomic E-state index is 13.3. The molecular weight excluding hydrogens is 382 g/mol. The lowest BCUT2D eigenvalue weighted by Gasteiger charge is -2.44. The van der Waals surface area contributed by atoms with Gasteiger partial charge in [-0.25, -0.2) is 0 Å². The molecule has 0 aromatic heterocycles. The van der Waals surface area contributed by atoms with Crippen LogP contribution in [0, 0.1) is 12.8 Å². The summed E-state index contributed by atoms with van der Waals surface area (Å²) in [5, 5.41) is 53.3. The van der Waals surface area contributed by atoms with Crippen LogP contribution in [-0.2, 0) is 16.0 Å². The number of Topliss-reactive ketones (excluding diaryl/α,β-unsaturated/α-hetero) is 2. The van der Waals surface area contributed by atoms with Gasteiger partial charge in [0.2, 0.25) is 11.6 Å². The number of aryl methyl sites for hydroxylation is 1. The molecule has 0 bridgehead atoms. The van der Waals surface area contributed by atoms with Crippen LogP contribution in [0.1, 0.15) is 21.5 Å². The fraction of sp³-hybridized carbons (Fsp3) is 0.250. The SMILES string of the molecule is Cc1c2c(c(O)c3c(O)cccc13)C(=O)C1(O)C(O)=C(C(N)=O)C(=O)C(O)C1C2. The molecule has 7 N–H and O–H groups in total. The van der Waals surface area contributed by atoms with Gasteiger partial charge in [0.1, 0.15) is 28.9 Å². The molecule has 2 aromatic carbocycles. The number of phenolic OH excluding ortho intramolecular Hbond substituents is 2. The summed E-state index contributed by atoms with van der Waals surface area (Å²) in [6.07, 6.45) is -2.23. The monoisotopic (exact) mass is 399 g/mol. The first-order chi connectivity index (χ1) is 13.5. The van der Waals surface area contributed by atoms with E-state index < -0.39 is 52.2 Å². The number of hydrogen-bond acceptors (Lipinski definition) is 8. The number of amides is 1. The largest absolute Gasteiger partial charge is 0.508 e. The van der Waals surface area contributed by atoms with Crippen molar-refractivity contribution in [2.24, 2.45) is 11.7 Å². The van der Waals surface area contributed by atoms with Gasteiger partial charge in [-0.15, -0.1) is 0 Å². The van der Waals surface area contributed by atoms with Gasteiger partial charge < -0.3 is 31.3 Å². The lowest BCUT2D eigenvalue weighted by molar-refractivity contribution is -0.138. The van der Waals surface area contributed by atoms with Crippen LogP contribution >= 0.6 is 0 Å². The molecule has 3 unspecified atom stereocenters. The Morgan fingerprint density at radius 2 is 1.86 bits per heavy atom. The van der Waals surface area contributed by atoms with Gasteiger partial charge >= 0.3 is 0 Å². The summed E-state index contributed by atoms with van der Waals surface area (Å²) >= 11 is 0. The number of ketones is 2. The molecule has 3 atom stereocenters. The van der Waals surface area contributed by atoms with Crippen molar-refractivity contribution >= 4 is 28.2 Å². The molecule has 29 heavy (non-hydrogen) atoms. The van der Waals surface area contributed by atoms with Crippen LogP contribution < -0.4 is 5.73 Å². The van der Waals surface area contributed by atoms with Crippen LogP contribution in [-0.4, -0.2) is 54.7 Å². The predicted octanol–water partition coefficient (Wildman–Crippen LogP) is -0.113. The van der Waals surface area contributed by atoms with Crippen LogP contribution in [0.25, 0.3) is 10.8 Å². The fourth-order valence-electron chi connectivity index (χ4n) is 4.45. The minimum Gasteiger partial charge on any atom is -0.508 e. The highest BCUT2D eigenvalue weighted by atomic mass is 16.4. The van der Waals surface area contributed by atoms with E-state index in [1.807, 2.05) is 0 Å². The molecule has 0 spiro atoms. The van der Waals surface area contributed by atoms with E-state index in [1.54, 1.807) is 19.1 Å². The summed E-state index contributed by atoms with van der Waals surface area (Å²) in [4.78, 5) is 37.2. The zero-order chi connectivity index (χ0) is 21.4. The number of fused-ring (bicyclic) bond motifs is 3. The van der Waals surface area contributed by atoms with Crippen molar-refractivity contribution in [1.29, 1.82) is 0 Å². The first kappa shape index (κ1) is 18.9. The molecule has 0 radical (unpaired) electrons. The zero-order valence-electron chi connectivity index (χ0n) is 15.1. The third kappa shape index (κ3) is 2.13. The van der Waals surface area contributed by atoms with E-state index in [4.69, 9.17) is 5.73 Å². The molecule has 0 aliphatic heterocycles. The van der Waals surface area contributed by atoms with Crippen molar-refractivity contribution in [3.63, 3.8) is 0 Å². The van der Waals surface area contributed by atoms with Crippen molar-refractivity contribution in [2.45, 2.75) is 25.0 Å². The summed E-state index contributed by atoms with van der Waals surface area (Å²) in [5.41, 5.74) is 1.56. The molecule has 2 aromatic rings. The lowest BCUT2D eigenvalue weighted by atomic mass is 9.62. The first-order valence-electron chi connectivity index (χ1n) is 8.72. The van der Waals surface area contributed by atoms with Gasteiger partial charge in [0.25, 0.3) is 5.91 Å². The standard InChI is InChI=1S/C20H17NO8/c1-6-7-3-2-4-10(22)11(7)15(24)12-8(6)5-9-14(23)16(25)13(19(21)28)18(27)20(9,29)17(12)26/h2-4,9,14,22-24,27,29H,5H2,1H3,(H2,21,28).